The van der Waals surface area contributed by atoms with Gasteiger partial charge in [0, 0.05) is 6.20 Å². The third-order valence-corrected chi connectivity index (χ3v) is 3.80. The molecule has 6 heteroatoms. The van der Waals surface area contributed by atoms with Crippen LogP contribution in [0.15, 0.2) is 18.3 Å². The van der Waals surface area contributed by atoms with Crippen molar-refractivity contribution in [1.82, 2.24) is 9.88 Å². The Morgan fingerprint density at radius 1 is 1.50 bits per heavy atom. The number of pyridine rings is 1. The predicted octanol–water partition coefficient (Wildman–Crippen LogP) is 1.13. The van der Waals surface area contributed by atoms with Gasteiger partial charge in [-0.05, 0) is 25.5 Å². The van der Waals surface area contributed by atoms with Crippen LogP contribution in [0.4, 0.5) is 0 Å². The first kappa shape index (κ1) is 12.6. The van der Waals surface area contributed by atoms with E-state index in [2.05, 4.69) is 4.98 Å². The Morgan fingerprint density at radius 2 is 2.17 bits per heavy atom. The smallest absolute Gasteiger partial charge is 0.281 e. The highest BCUT2D eigenvalue weighted by Gasteiger charge is 2.47. The molecule has 1 aliphatic rings. The van der Waals surface area contributed by atoms with E-state index in [0.29, 0.717) is 12.0 Å². The average Bonchev–Trinajstić information content (AvgIpc) is 2.62. The number of carbonyl (C=O) groups is 2. The summed E-state index contributed by atoms with van der Waals surface area (Å²) in [5.41, 5.74) is 5.20. The molecule has 0 aliphatic carbocycles. The average molecular weight is 263 g/mol. The van der Waals surface area contributed by atoms with Crippen molar-refractivity contribution in [2.24, 2.45) is 5.73 Å². The topological polar surface area (TPSA) is 76.3 Å². The Bertz CT molecular complexity index is 523. The number of thiocarbonyl (C=S) groups is 1. The van der Waals surface area contributed by atoms with Crippen LogP contribution in [0.25, 0.3) is 0 Å². The van der Waals surface area contributed by atoms with Crippen molar-refractivity contribution in [2.45, 2.75) is 25.8 Å². The molecule has 1 aliphatic heterocycles. The molecule has 2 amide bonds. The van der Waals surface area contributed by atoms with Gasteiger partial charge in [-0.15, -0.1) is 0 Å². The number of rotatable bonds is 3. The van der Waals surface area contributed by atoms with Crippen LogP contribution < -0.4 is 5.73 Å². The standard InChI is InChI=1S/C12H13N3O2S/c1-3-12(2,11(13)18)15-9(16)7-5-4-6-14-8(7)10(15)17/h4-6H,3H2,1-2H3,(H2,13,18). The first-order valence-corrected chi connectivity index (χ1v) is 5.98. The minimum absolute atomic E-state index is 0.125. The monoisotopic (exact) mass is 263 g/mol. The number of hydrogen-bond acceptors (Lipinski definition) is 4. The van der Waals surface area contributed by atoms with Crippen LogP contribution in [-0.2, 0) is 0 Å². The molecular formula is C12H13N3O2S. The first-order valence-electron chi connectivity index (χ1n) is 5.57. The fourth-order valence-corrected chi connectivity index (χ4v) is 2.19. The van der Waals surface area contributed by atoms with Gasteiger partial charge in [0.05, 0.1) is 16.1 Å². The molecule has 1 aromatic heterocycles. The van der Waals surface area contributed by atoms with Gasteiger partial charge in [0.1, 0.15) is 5.69 Å². The molecule has 0 saturated carbocycles. The zero-order chi connectivity index (χ0) is 13.5. The summed E-state index contributed by atoms with van der Waals surface area (Å²) in [6.45, 7) is 3.52. The molecule has 0 aromatic carbocycles. The molecule has 5 nitrogen and oxygen atoms in total. The van der Waals surface area contributed by atoms with Gasteiger partial charge in [-0.2, -0.15) is 0 Å². The van der Waals surface area contributed by atoms with E-state index in [1.807, 2.05) is 6.92 Å². The summed E-state index contributed by atoms with van der Waals surface area (Å²) in [6.07, 6.45) is 1.95. The van der Waals surface area contributed by atoms with Gasteiger partial charge in [-0.3, -0.25) is 19.5 Å². The van der Waals surface area contributed by atoms with E-state index in [1.165, 1.54) is 6.20 Å². The van der Waals surface area contributed by atoms with Crippen LogP contribution in [0.3, 0.4) is 0 Å². The van der Waals surface area contributed by atoms with Crippen molar-refractivity contribution in [2.75, 3.05) is 0 Å². The number of carbonyl (C=O) groups excluding carboxylic acids is 2. The van der Waals surface area contributed by atoms with Gasteiger partial charge in [-0.25, -0.2) is 0 Å². The number of hydrogen-bond donors (Lipinski definition) is 1. The molecule has 0 spiro atoms. The van der Waals surface area contributed by atoms with Gasteiger partial charge < -0.3 is 5.73 Å². The largest absolute Gasteiger partial charge is 0.391 e. The summed E-state index contributed by atoms with van der Waals surface area (Å²) in [4.78, 5) is 29.7. The SMILES string of the molecule is CCC(C)(C(N)=S)N1C(=O)c2cccnc2C1=O. The van der Waals surface area contributed by atoms with E-state index in [0.717, 1.165) is 4.90 Å². The predicted molar refractivity (Wildman–Crippen MR) is 70.2 cm³/mol. The van der Waals surface area contributed by atoms with Gasteiger partial charge >= 0.3 is 0 Å². The lowest BCUT2D eigenvalue weighted by Gasteiger charge is -2.35. The first-order chi connectivity index (χ1) is 8.43. The molecule has 0 radical (unpaired) electrons. The van der Waals surface area contributed by atoms with Crippen LogP contribution in [0.2, 0.25) is 0 Å². The lowest BCUT2D eigenvalue weighted by Crippen LogP contribution is -2.56. The van der Waals surface area contributed by atoms with Crippen molar-refractivity contribution in [3.8, 4) is 0 Å². The van der Waals surface area contributed by atoms with Crippen molar-refractivity contribution in [1.29, 1.82) is 0 Å². The van der Waals surface area contributed by atoms with Crippen molar-refractivity contribution >= 4 is 29.0 Å². The Hall–Kier alpha value is -1.82. The highest BCUT2D eigenvalue weighted by molar-refractivity contribution is 7.80. The van der Waals surface area contributed by atoms with E-state index in [4.69, 9.17) is 18.0 Å². The minimum Gasteiger partial charge on any atom is -0.391 e. The van der Waals surface area contributed by atoms with Crippen LogP contribution >= 0.6 is 12.2 Å². The molecule has 2 rings (SSSR count). The highest BCUT2D eigenvalue weighted by Crippen LogP contribution is 2.30. The Morgan fingerprint density at radius 3 is 2.67 bits per heavy atom. The zero-order valence-corrected chi connectivity index (χ0v) is 11.0. The molecule has 94 valence electrons. The maximum absolute atomic E-state index is 12.3. The second-order valence-corrected chi connectivity index (χ2v) is 4.78. The molecule has 0 saturated heterocycles. The fraction of sp³-hybridized carbons (Fsp3) is 0.333. The summed E-state index contributed by atoms with van der Waals surface area (Å²) in [5, 5.41) is 0. The molecule has 2 heterocycles. The Balaban J connectivity index is 2.55. The zero-order valence-electron chi connectivity index (χ0n) is 10.1. The summed E-state index contributed by atoms with van der Waals surface area (Å²) in [6, 6.07) is 3.20. The molecule has 0 fully saturated rings. The maximum Gasteiger partial charge on any atom is 0.281 e. The Kier molecular flexibility index (Phi) is 2.90. The normalized spacial score (nSPS) is 17.6. The number of nitrogens with zero attached hydrogens (tertiary/aromatic N) is 2. The van der Waals surface area contributed by atoms with Crippen LogP contribution in [0.1, 0.15) is 41.1 Å². The molecule has 1 aromatic rings. The van der Waals surface area contributed by atoms with E-state index in [9.17, 15) is 9.59 Å². The van der Waals surface area contributed by atoms with Crippen LogP contribution in [-0.4, -0.2) is 32.2 Å². The van der Waals surface area contributed by atoms with Crippen molar-refractivity contribution in [3.05, 3.63) is 29.6 Å². The minimum atomic E-state index is -0.954. The fourth-order valence-electron chi connectivity index (χ4n) is 1.96. The number of fused-ring (bicyclic) bond motifs is 1. The third-order valence-electron chi connectivity index (χ3n) is 3.36. The summed E-state index contributed by atoms with van der Waals surface area (Å²) < 4.78 is 0. The maximum atomic E-state index is 12.3. The lowest BCUT2D eigenvalue weighted by molar-refractivity contribution is 0.0537. The molecular weight excluding hydrogens is 250 g/mol. The quantitative estimate of drug-likeness (QED) is 0.653. The van der Waals surface area contributed by atoms with Gasteiger partial charge in [-0.1, -0.05) is 19.1 Å². The molecule has 1 atom stereocenters. The van der Waals surface area contributed by atoms with Gasteiger partial charge in [0.25, 0.3) is 11.8 Å². The van der Waals surface area contributed by atoms with Crippen LogP contribution in [0, 0.1) is 0 Å². The second kappa shape index (κ2) is 4.13. The van der Waals surface area contributed by atoms with Gasteiger partial charge in [0.15, 0.2) is 0 Å². The molecule has 0 bridgehead atoms. The summed E-state index contributed by atoms with van der Waals surface area (Å²) >= 11 is 4.99. The number of aromatic nitrogens is 1. The molecule has 18 heavy (non-hydrogen) atoms. The number of imide groups is 1. The van der Waals surface area contributed by atoms with E-state index >= 15 is 0 Å². The van der Waals surface area contributed by atoms with Gasteiger partial charge in [0.2, 0.25) is 0 Å². The molecule has 1 unspecified atom stereocenters. The lowest BCUT2D eigenvalue weighted by atomic mass is 9.96. The number of nitrogens with two attached hydrogens (primary N) is 1. The van der Waals surface area contributed by atoms with Crippen molar-refractivity contribution in [3.63, 3.8) is 0 Å². The third kappa shape index (κ3) is 1.53. The van der Waals surface area contributed by atoms with E-state index in [-0.39, 0.29) is 16.6 Å². The van der Waals surface area contributed by atoms with E-state index < -0.39 is 11.4 Å². The number of amides is 2. The van der Waals surface area contributed by atoms with Crippen molar-refractivity contribution < 1.29 is 9.59 Å². The highest BCUT2D eigenvalue weighted by atomic mass is 32.1. The summed E-state index contributed by atoms with van der Waals surface area (Å²) in [7, 11) is 0. The van der Waals surface area contributed by atoms with Crippen LogP contribution in [0.5, 0.6) is 0 Å². The summed E-state index contributed by atoms with van der Waals surface area (Å²) in [5.74, 6) is -0.826. The second-order valence-electron chi connectivity index (χ2n) is 4.34. The molecule has 2 N–H and O–H groups in total. The Labute approximate surface area is 110 Å². The van der Waals surface area contributed by atoms with E-state index in [1.54, 1.807) is 19.1 Å².